The molecule has 0 unspecified atom stereocenters. The van der Waals surface area contributed by atoms with Gasteiger partial charge in [0.2, 0.25) is 5.91 Å². The summed E-state index contributed by atoms with van der Waals surface area (Å²) in [6.07, 6.45) is -0.618. The Morgan fingerprint density at radius 2 is 2.05 bits per heavy atom. The van der Waals surface area contributed by atoms with Gasteiger partial charge in [0.25, 0.3) is 0 Å². The van der Waals surface area contributed by atoms with Crippen molar-refractivity contribution in [3.8, 4) is 5.75 Å². The van der Waals surface area contributed by atoms with Crippen molar-refractivity contribution >= 4 is 5.91 Å². The molecule has 122 valence electrons. The molecule has 0 bridgehead atoms. The third kappa shape index (κ3) is 3.78. The number of aryl methyl sites for hydroxylation is 2. The summed E-state index contributed by atoms with van der Waals surface area (Å²) in [5, 5.41) is 13.0. The molecule has 5 nitrogen and oxygen atoms in total. The number of ether oxygens (including phenoxy) is 1. The van der Waals surface area contributed by atoms with Crippen LogP contribution in [0.4, 0.5) is 0 Å². The van der Waals surface area contributed by atoms with E-state index in [0.717, 1.165) is 23.4 Å². The van der Waals surface area contributed by atoms with E-state index in [9.17, 15) is 9.90 Å². The van der Waals surface area contributed by atoms with Crippen molar-refractivity contribution < 1.29 is 14.6 Å². The zero-order valence-electron chi connectivity index (χ0n) is 13.8. The number of aliphatic hydroxyl groups excluding tert-OH is 1. The molecule has 2 rings (SSSR count). The second-order valence-corrected chi connectivity index (χ2v) is 6.08. The Morgan fingerprint density at radius 3 is 2.77 bits per heavy atom. The van der Waals surface area contributed by atoms with Gasteiger partial charge in [-0.3, -0.25) is 9.69 Å². The molecule has 22 heavy (non-hydrogen) atoms. The molecule has 1 saturated heterocycles. The second kappa shape index (κ2) is 7.11. The lowest BCUT2D eigenvalue weighted by atomic mass is 10.1. The Hall–Kier alpha value is -1.59. The van der Waals surface area contributed by atoms with Gasteiger partial charge in [-0.05, 0) is 44.4 Å². The van der Waals surface area contributed by atoms with Gasteiger partial charge >= 0.3 is 0 Å². The van der Waals surface area contributed by atoms with E-state index in [2.05, 4.69) is 11.4 Å². The van der Waals surface area contributed by atoms with Gasteiger partial charge in [-0.15, -0.1) is 0 Å². The summed E-state index contributed by atoms with van der Waals surface area (Å²) in [6, 6.07) is 3.90. The number of carbonyl (C=O) groups is 1. The SMILES string of the molecule is Cc1ccc(C)c(OC[C@@H](O)CN2CCNC(=O)[C@H]2C)c1C. The summed E-state index contributed by atoms with van der Waals surface area (Å²) in [4.78, 5) is 13.6. The standard InChI is InChI=1S/C17H26N2O3/c1-11-5-6-12(2)16(13(11)3)22-10-15(20)9-19-8-7-18-17(21)14(19)4/h5-6,14-15,20H,7-10H2,1-4H3,(H,18,21)/t14-,15+/m1/s1. The van der Waals surface area contributed by atoms with Gasteiger partial charge in [0.1, 0.15) is 18.5 Å². The predicted octanol–water partition coefficient (Wildman–Crippen LogP) is 1.17. The molecule has 5 heteroatoms. The number of nitrogens with one attached hydrogen (secondary N) is 1. The highest BCUT2D eigenvalue weighted by Crippen LogP contribution is 2.25. The fourth-order valence-electron chi connectivity index (χ4n) is 2.73. The van der Waals surface area contributed by atoms with Gasteiger partial charge < -0.3 is 15.2 Å². The van der Waals surface area contributed by atoms with Crippen molar-refractivity contribution in [1.82, 2.24) is 10.2 Å². The summed E-state index contributed by atoms with van der Waals surface area (Å²) in [5.74, 6) is 0.869. The minimum atomic E-state index is -0.618. The van der Waals surface area contributed by atoms with Crippen LogP contribution in [0.5, 0.6) is 5.75 Å². The van der Waals surface area contributed by atoms with Crippen LogP contribution in [0.3, 0.4) is 0 Å². The zero-order valence-corrected chi connectivity index (χ0v) is 13.8. The predicted molar refractivity (Wildman–Crippen MR) is 86.2 cm³/mol. The minimum Gasteiger partial charge on any atom is -0.490 e. The van der Waals surface area contributed by atoms with Gasteiger partial charge in [-0.25, -0.2) is 0 Å². The number of piperazine rings is 1. The Bertz CT molecular complexity index is 545. The van der Waals surface area contributed by atoms with Crippen LogP contribution in [-0.2, 0) is 4.79 Å². The third-order valence-electron chi connectivity index (χ3n) is 4.36. The molecular weight excluding hydrogens is 280 g/mol. The van der Waals surface area contributed by atoms with Crippen LogP contribution in [0.1, 0.15) is 23.6 Å². The summed E-state index contributed by atoms with van der Waals surface area (Å²) >= 11 is 0. The molecule has 2 atom stereocenters. The number of β-amino-alcohol motifs (C(OH)–C–C–N with tert-alkyl or cyclic N) is 1. The molecule has 1 aliphatic heterocycles. The molecule has 1 aliphatic rings. The Labute approximate surface area is 132 Å². The van der Waals surface area contributed by atoms with E-state index in [0.29, 0.717) is 13.1 Å². The summed E-state index contributed by atoms with van der Waals surface area (Å²) in [6.45, 7) is 10.0. The molecule has 1 aromatic carbocycles. The Balaban J connectivity index is 1.92. The lowest BCUT2D eigenvalue weighted by Gasteiger charge is -2.34. The molecule has 2 N–H and O–H groups in total. The molecule has 1 heterocycles. The minimum absolute atomic E-state index is 0.0183. The fraction of sp³-hybridized carbons (Fsp3) is 0.588. The van der Waals surface area contributed by atoms with Crippen molar-refractivity contribution in [3.63, 3.8) is 0 Å². The summed E-state index contributed by atoms with van der Waals surface area (Å²) in [5.41, 5.74) is 3.36. The number of amides is 1. The van der Waals surface area contributed by atoms with Crippen molar-refractivity contribution in [2.75, 3.05) is 26.2 Å². The lowest BCUT2D eigenvalue weighted by Crippen LogP contribution is -2.55. The van der Waals surface area contributed by atoms with E-state index in [1.54, 1.807) is 0 Å². The summed E-state index contributed by atoms with van der Waals surface area (Å²) in [7, 11) is 0. The number of nitrogens with zero attached hydrogens (tertiary/aromatic N) is 1. The van der Waals surface area contributed by atoms with Gasteiger partial charge in [-0.1, -0.05) is 12.1 Å². The van der Waals surface area contributed by atoms with Gasteiger partial charge in [0.05, 0.1) is 6.04 Å². The lowest BCUT2D eigenvalue weighted by molar-refractivity contribution is -0.129. The van der Waals surface area contributed by atoms with Crippen LogP contribution in [0.2, 0.25) is 0 Å². The molecular formula is C17H26N2O3. The number of hydrogen-bond donors (Lipinski definition) is 2. The van der Waals surface area contributed by atoms with Crippen LogP contribution in [0, 0.1) is 20.8 Å². The highest BCUT2D eigenvalue weighted by atomic mass is 16.5. The number of rotatable bonds is 5. The molecule has 0 saturated carbocycles. The third-order valence-corrected chi connectivity index (χ3v) is 4.36. The zero-order chi connectivity index (χ0) is 16.3. The molecule has 1 fully saturated rings. The van der Waals surface area contributed by atoms with E-state index in [1.165, 1.54) is 5.56 Å². The van der Waals surface area contributed by atoms with Crippen molar-refractivity contribution in [1.29, 1.82) is 0 Å². The first kappa shape index (κ1) is 16.8. The molecule has 1 amide bonds. The van der Waals surface area contributed by atoms with E-state index >= 15 is 0 Å². The highest BCUT2D eigenvalue weighted by Gasteiger charge is 2.27. The first-order valence-electron chi connectivity index (χ1n) is 7.79. The van der Waals surface area contributed by atoms with Crippen LogP contribution in [0.15, 0.2) is 12.1 Å². The Morgan fingerprint density at radius 1 is 1.36 bits per heavy atom. The van der Waals surface area contributed by atoms with E-state index in [1.807, 2.05) is 38.7 Å². The molecule has 0 aromatic heterocycles. The van der Waals surface area contributed by atoms with Crippen molar-refractivity contribution in [2.45, 2.75) is 39.8 Å². The van der Waals surface area contributed by atoms with E-state index in [4.69, 9.17) is 4.74 Å². The average Bonchev–Trinajstić information content (AvgIpc) is 2.48. The monoisotopic (exact) mass is 306 g/mol. The highest BCUT2D eigenvalue weighted by molar-refractivity contribution is 5.81. The molecule has 1 aromatic rings. The first-order chi connectivity index (χ1) is 10.4. The van der Waals surface area contributed by atoms with Gasteiger partial charge in [-0.2, -0.15) is 0 Å². The van der Waals surface area contributed by atoms with Crippen molar-refractivity contribution in [2.24, 2.45) is 0 Å². The van der Waals surface area contributed by atoms with Gasteiger partial charge in [0, 0.05) is 19.6 Å². The maximum Gasteiger partial charge on any atom is 0.237 e. The van der Waals surface area contributed by atoms with E-state index in [-0.39, 0.29) is 18.6 Å². The van der Waals surface area contributed by atoms with Crippen molar-refractivity contribution in [3.05, 3.63) is 28.8 Å². The van der Waals surface area contributed by atoms with E-state index < -0.39 is 6.10 Å². The second-order valence-electron chi connectivity index (χ2n) is 6.08. The topological polar surface area (TPSA) is 61.8 Å². The largest absolute Gasteiger partial charge is 0.490 e. The quantitative estimate of drug-likeness (QED) is 0.857. The van der Waals surface area contributed by atoms with Gasteiger partial charge in [0.15, 0.2) is 0 Å². The molecule has 0 radical (unpaired) electrons. The average molecular weight is 306 g/mol. The molecule has 0 aliphatic carbocycles. The fourth-order valence-corrected chi connectivity index (χ4v) is 2.73. The maximum atomic E-state index is 11.6. The summed E-state index contributed by atoms with van der Waals surface area (Å²) < 4.78 is 5.84. The van der Waals surface area contributed by atoms with Crippen LogP contribution in [-0.4, -0.2) is 54.3 Å². The number of aliphatic hydroxyl groups is 1. The van der Waals surface area contributed by atoms with Crippen LogP contribution in [0.25, 0.3) is 0 Å². The normalized spacial score (nSPS) is 20.6. The maximum absolute atomic E-state index is 11.6. The Kier molecular flexibility index (Phi) is 5.42. The smallest absolute Gasteiger partial charge is 0.237 e. The van der Waals surface area contributed by atoms with Crippen LogP contribution >= 0.6 is 0 Å². The number of carbonyl (C=O) groups excluding carboxylic acids is 1. The molecule has 0 spiro atoms. The first-order valence-corrected chi connectivity index (χ1v) is 7.79. The number of hydrogen-bond acceptors (Lipinski definition) is 4. The van der Waals surface area contributed by atoms with Crippen LogP contribution < -0.4 is 10.1 Å². The number of benzene rings is 1.